The minimum Gasteiger partial charge on any atom is -0.468 e. The zero-order chi connectivity index (χ0) is 10.3. The van der Waals surface area contributed by atoms with Gasteiger partial charge in [-0.1, -0.05) is 36.2 Å². The normalized spacial score (nSPS) is 15.1. The van der Waals surface area contributed by atoms with Crippen LogP contribution in [0.15, 0.2) is 0 Å². The Labute approximate surface area is 92.9 Å². The number of carbonyl (C=O) groups excluding carboxylic acids is 1. The maximum Gasteiger partial charge on any atom is 0.320 e. The van der Waals surface area contributed by atoms with Crippen molar-refractivity contribution >= 4 is 33.7 Å². The molecule has 0 rings (SSSR count). The van der Waals surface area contributed by atoms with Crippen molar-refractivity contribution in [2.75, 3.05) is 18.6 Å². The molecule has 4 heteroatoms. The van der Waals surface area contributed by atoms with Gasteiger partial charge in [-0.2, -0.15) is 11.8 Å². The second kappa shape index (κ2) is 7.68. The van der Waals surface area contributed by atoms with E-state index in [0.29, 0.717) is 0 Å². The van der Waals surface area contributed by atoms with E-state index in [2.05, 4.69) is 34.5 Å². The lowest BCUT2D eigenvalue weighted by atomic mass is 10.2. The fraction of sp³-hybridized carbons (Fsp3) is 0.889. The molecule has 0 aromatic carbocycles. The first-order valence-electron chi connectivity index (χ1n) is 4.41. The third-order valence-corrected chi connectivity index (χ3v) is 4.32. The number of halogens is 1. The zero-order valence-electron chi connectivity index (χ0n) is 8.38. The molecule has 2 atom stereocenters. The molecule has 0 spiro atoms. The molecule has 0 aliphatic carbocycles. The molecule has 0 fully saturated rings. The molecule has 2 nitrogen and oxygen atoms in total. The molecule has 13 heavy (non-hydrogen) atoms. The van der Waals surface area contributed by atoms with Gasteiger partial charge in [0, 0.05) is 5.75 Å². The SMILES string of the molecule is CCC(C)CSCC(Br)C(=O)OC. The topological polar surface area (TPSA) is 26.3 Å². The summed E-state index contributed by atoms with van der Waals surface area (Å²) in [5.74, 6) is 2.44. The summed E-state index contributed by atoms with van der Waals surface area (Å²) in [5.41, 5.74) is 0. The van der Waals surface area contributed by atoms with E-state index in [1.165, 1.54) is 13.5 Å². The highest BCUT2D eigenvalue weighted by molar-refractivity contribution is 9.10. The van der Waals surface area contributed by atoms with Crippen LogP contribution in [0, 0.1) is 5.92 Å². The summed E-state index contributed by atoms with van der Waals surface area (Å²) in [6, 6.07) is 0. The standard InChI is InChI=1S/C9H17BrO2S/c1-4-7(2)5-13-6-8(10)9(11)12-3/h7-8H,4-6H2,1-3H3. The summed E-state index contributed by atoms with van der Waals surface area (Å²) in [7, 11) is 1.41. The van der Waals surface area contributed by atoms with Crippen LogP contribution in [0.2, 0.25) is 0 Å². The second-order valence-electron chi connectivity index (χ2n) is 3.04. The van der Waals surface area contributed by atoms with Crippen LogP contribution in [-0.2, 0) is 9.53 Å². The molecule has 0 saturated heterocycles. The first-order valence-corrected chi connectivity index (χ1v) is 6.48. The first kappa shape index (κ1) is 13.3. The molecule has 0 aliphatic heterocycles. The largest absolute Gasteiger partial charge is 0.468 e. The van der Waals surface area contributed by atoms with Gasteiger partial charge in [-0.05, 0) is 11.7 Å². The Hall–Kier alpha value is 0.300. The Kier molecular flexibility index (Phi) is 7.86. The monoisotopic (exact) mass is 268 g/mol. The number of hydrogen-bond donors (Lipinski definition) is 0. The smallest absolute Gasteiger partial charge is 0.320 e. The van der Waals surface area contributed by atoms with Gasteiger partial charge in [0.25, 0.3) is 0 Å². The maximum atomic E-state index is 11.0. The molecule has 0 amide bonds. The van der Waals surface area contributed by atoms with Gasteiger partial charge >= 0.3 is 5.97 Å². The van der Waals surface area contributed by atoms with Crippen LogP contribution in [0.5, 0.6) is 0 Å². The first-order chi connectivity index (χ1) is 6.11. The van der Waals surface area contributed by atoms with Gasteiger partial charge in [-0.25, -0.2) is 0 Å². The van der Waals surface area contributed by atoms with E-state index >= 15 is 0 Å². The summed E-state index contributed by atoms with van der Waals surface area (Å²) < 4.78 is 4.60. The summed E-state index contributed by atoms with van der Waals surface area (Å²) in [4.78, 5) is 10.8. The minimum absolute atomic E-state index is 0.161. The van der Waals surface area contributed by atoms with Crippen molar-refractivity contribution in [2.45, 2.75) is 25.1 Å². The highest BCUT2D eigenvalue weighted by Crippen LogP contribution is 2.16. The van der Waals surface area contributed by atoms with Gasteiger partial charge in [0.05, 0.1) is 7.11 Å². The van der Waals surface area contributed by atoms with E-state index in [-0.39, 0.29) is 10.8 Å². The molecule has 78 valence electrons. The van der Waals surface area contributed by atoms with Gasteiger partial charge in [-0.15, -0.1) is 0 Å². The van der Waals surface area contributed by atoms with Gasteiger partial charge < -0.3 is 4.74 Å². The number of ether oxygens (including phenoxy) is 1. The average Bonchev–Trinajstić information content (AvgIpc) is 2.15. The summed E-state index contributed by atoms with van der Waals surface area (Å²) in [6.45, 7) is 4.39. The molecule has 0 heterocycles. The lowest BCUT2D eigenvalue weighted by Crippen LogP contribution is -2.18. The Morgan fingerprint density at radius 2 is 2.15 bits per heavy atom. The average molecular weight is 269 g/mol. The van der Waals surface area contributed by atoms with E-state index in [0.717, 1.165) is 17.4 Å². The van der Waals surface area contributed by atoms with Crippen molar-refractivity contribution < 1.29 is 9.53 Å². The fourth-order valence-corrected chi connectivity index (χ4v) is 2.55. The molecule has 0 aliphatic rings. The zero-order valence-corrected chi connectivity index (χ0v) is 10.8. The predicted molar refractivity (Wildman–Crippen MR) is 61.5 cm³/mol. The van der Waals surface area contributed by atoms with E-state index in [1.807, 2.05) is 0 Å². The van der Waals surface area contributed by atoms with Crippen LogP contribution in [0.1, 0.15) is 20.3 Å². The third kappa shape index (κ3) is 6.38. The molecular formula is C9H17BrO2S. The number of esters is 1. The van der Waals surface area contributed by atoms with Gasteiger partial charge in [0.15, 0.2) is 0 Å². The highest BCUT2D eigenvalue weighted by atomic mass is 79.9. The number of rotatable bonds is 6. The Morgan fingerprint density at radius 3 is 2.62 bits per heavy atom. The minimum atomic E-state index is -0.184. The van der Waals surface area contributed by atoms with Crippen LogP contribution >= 0.6 is 27.7 Å². The van der Waals surface area contributed by atoms with Gasteiger partial charge in [0.1, 0.15) is 4.83 Å². The second-order valence-corrected chi connectivity index (χ2v) is 5.22. The predicted octanol–water partition coefficient (Wildman–Crippen LogP) is 2.70. The number of thioether (sulfide) groups is 1. The molecule has 0 bridgehead atoms. The number of hydrogen-bond acceptors (Lipinski definition) is 3. The van der Waals surface area contributed by atoms with E-state index in [9.17, 15) is 4.79 Å². The number of carbonyl (C=O) groups is 1. The van der Waals surface area contributed by atoms with E-state index < -0.39 is 0 Å². The van der Waals surface area contributed by atoms with Crippen LogP contribution in [-0.4, -0.2) is 29.4 Å². The maximum absolute atomic E-state index is 11.0. The molecule has 0 radical (unpaired) electrons. The number of methoxy groups -OCH3 is 1. The fourth-order valence-electron chi connectivity index (χ4n) is 0.686. The van der Waals surface area contributed by atoms with Gasteiger partial charge in [-0.3, -0.25) is 4.79 Å². The van der Waals surface area contributed by atoms with Crippen molar-refractivity contribution in [2.24, 2.45) is 5.92 Å². The molecular weight excluding hydrogens is 252 g/mol. The van der Waals surface area contributed by atoms with Crippen LogP contribution in [0.4, 0.5) is 0 Å². The number of alkyl halides is 1. The molecule has 2 unspecified atom stereocenters. The molecule has 0 aromatic rings. The van der Waals surface area contributed by atoms with Crippen molar-refractivity contribution in [1.29, 1.82) is 0 Å². The van der Waals surface area contributed by atoms with Crippen LogP contribution < -0.4 is 0 Å². The third-order valence-electron chi connectivity index (χ3n) is 1.82. The Balaban J connectivity index is 3.47. The molecule has 0 aromatic heterocycles. The summed E-state index contributed by atoms with van der Waals surface area (Å²) >= 11 is 5.07. The Morgan fingerprint density at radius 1 is 1.54 bits per heavy atom. The van der Waals surface area contributed by atoms with Crippen LogP contribution in [0.25, 0.3) is 0 Å². The van der Waals surface area contributed by atoms with Crippen LogP contribution in [0.3, 0.4) is 0 Å². The summed E-state index contributed by atoms with van der Waals surface area (Å²) in [6.07, 6.45) is 1.19. The van der Waals surface area contributed by atoms with Crippen molar-refractivity contribution in [3.05, 3.63) is 0 Å². The molecule has 0 N–H and O–H groups in total. The lowest BCUT2D eigenvalue weighted by molar-refractivity contribution is -0.139. The van der Waals surface area contributed by atoms with Crippen molar-refractivity contribution in [1.82, 2.24) is 0 Å². The van der Waals surface area contributed by atoms with E-state index in [1.54, 1.807) is 11.8 Å². The quantitative estimate of drug-likeness (QED) is 0.548. The summed E-state index contributed by atoms with van der Waals surface area (Å²) in [5, 5.41) is 0. The molecule has 0 saturated carbocycles. The van der Waals surface area contributed by atoms with Gasteiger partial charge in [0.2, 0.25) is 0 Å². The van der Waals surface area contributed by atoms with Crippen molar-refractivity contribution in [3.63, 3.8) is 0 Å². The van der Waals surface area contributed by atoms with Crippen molar-refractivity contribution in [3.8, 4) is 0 Å². The Bertz CT molecular complexity index is 153. The van der Waals surface area contributed by atoms with E-state index in [4.69, 9.17) is 0 Å². The highest BCUT2D eigenvalue weighted by Gasteiger charge is 2.14. The lowest BCUT2D eigenvalue weighted by Gasteiger charge is -2.10.